The van der Waals surface area contributed by atoms with E-state index in [9.17, 15) is 13.2 Å². The maximum atomic E-state index is 12.5. The van der Waals surface area contributed by atoms with Crippen LogP contribution < -0.4 is 14.8 Å². The Hall–Kier alpha value is -2.09. The zero-order valence-electron chi connectivity index (χ0n) is 14.1. The molecule has 0 saturated carbocycles. The molecule has 134 valence electrons. The topological polar surface area (TPSA) is 84.5 Å². The van der Waals surface area contributed by atoms with Crippen molar-refractivity contribution < 1.29 is 17.9 Å². The van der Waals surface area contributed by atoms with E-state index in [-0.39, 0.29) is 22.8 Å². The molecule has 2 aromatic carbocycles. The number of benzene rings is 2. The van der Waals surface area contributed by atoms with Crippen LogP contribution in [0.3, 0.4) is 0 Å². The van der Waals surface area contributed by atoms with Crippen molar-refractivity contribution in [2.24, 2.45) is 0 Å². The second kappa shape index (κ2) is 7.86. The minimum atomic E-state index is -3.77. The average molecular weight is 383 g/mol. The Morgan fingerprint density at radius 2 is 1.92 bits per heavy atom. The predicted octanol–water partition coefficient (Wildman–Crippen LogP) is 3.21. The summed E-state index contributed by atoms with van der Waals surface area (Å²) in [6, 6.07) is 9.33. The molecule has 0 spiro atoms. The number of ether oxygens (including phenoxy) is 1. The quantitative estimate of drug-likeness (QED) is 0.803. The van der Waals surface area contributed by atoms with Gasteiger partial charge in [-0.2, -0.15) is 0 Å². The monoisotopic (exact) mass is 382 g/mol. The van der Waals surface area contributed by atoms with Crippen LogP contribution in [-0.2, 0) is 10.0 Å². The summed E-state index contributed by atoms with van der Waals surface area (Å²) in [5.74, 6) is -0.263. The van der Waals surface area contributed by atoms with Crippen molar-refractivity contribution in [2.45, 2.75) is 18.7 Å². The number of carbonyl (C=O) groups excluding carboxylic acids is 1. The number of carbonyl (C=O) groups is 1. The second-order valence-corrected chi connectivity index (χ2v) is 7.45. The number of sulfonamides is 1. The van der Waals surface area contributed by atoms with Crippen LogP contribution in [0.15, 0.2) is 41.3 Å². The summed E-state index contributed by atoms with van der Waals surface area (Å²) < 4.78 is 32.1. The molecule has 2 rings (SSSR count). The third-order valence-electron chi connectivity index (χ3n) is 3.49. The SMILES string of the molecule is CCNS(=O)(=O)c1cc(C(=O)Nc2ccc(Cl)cc2C)ccc1OC. The summed E-state index contributed by atoms with van der Waals surface area (Å²) in [6.07, 6.45) is 0. The Morgan fingerprint density at radius 3 is 2.52 bits per heavy atom. The minimum absolute atomic E-state index is 0.0858. The summed E-state index contributed by atoms with van der Waals surface area (Å²) in [6.45, 7) is 3.71. The van der Waals surface area contributed by atoms with E-state index in [0.717, 1.165) is 5.56 Å². The Bertz CT molecular complexity index is 898. The van der Waals surface area contributed by atoms with Gasteiger partial charge in [0.15, 0.2) is 0 Å². The number of anilines is 1. The lowest BCUT2D eigenvalue weighted by Crippen LogP contribution is -2.24. The number of hydrogen-bond donors (Lipinski definition) is 2. The van der Waals surface area contributed by atoms with Crippen LogP contribution in [0, 0.1) is 6.92 Å². The summed E-state index contributed by atoms with van der Waals surface area (Å²) in [5, 5.41) is 3.32. The zero-order valence-corrected chi connectivity index (χ0v) is 15.7. The highest BCUT2D eigenvalue weighted by Crippen LogP contribution is 2.26. The van der Waals surface area contributed by atoms with Gasteiger partial charge >= 0.3 is 0 Å². The van der Waals surface area contributed by atoms with Gasteiger partial charge in [-0.15, -0.1) is 0 Å². The highest BCUT2D eigenvalue weighted by Gasteiger charge is 2.21. The van der Waals surface area contributed by atoms with Crippen LogP contribution in [-0.4, -0.2) is 28.0 Å². The fraction of sp³-hybridized carbons (Fsp3) is 0.235. The van der Waals surface area contributed by atoms with E-state index in [2.05, 4.69) is 10.0 Å². The molecule has 0 unspecified atom stereocenters. The molecule has 25 heavy (non-hydrogen) atoms. The summed E-state index contributed by atoms with van der Waals surface area (Å²) in [5.41, 5.74) is 1.60. The molecule has 8 heteroatoms. The summed E-state index contributed by atoms with van der Waals surface area (Å²) in [7, 11) is -2.40. The number of aryl methyl sites for hydroxylation is 1. The van der Waals surface area contributed by atoms with Gasteiger partial charge in [-0.05, 0) is 48.9 Å². The van der Waals surface area contributed by atoms with Gasteiger partial charge < -0.3 is 10.1 Å². The Morgan fingerprint density at radius 1 is 1.20 bits per heavy atom. The van der Waals surface area contributed by atoms with Gasteiger partial charge in [0, 0.05) is 22.8 Å². The van der Waals surface area contributed by atoms with E-state index in [1.54, 1.807) is 25.1 Å². The first-order valence-corrected chi connectivity index (χ1v) is 9.39. The standard InChI is InChI=1S/C17H19ClN2O4S/c1-4-19-25(22,23)16-10-12(5-8-15(16)24-3)17(21)20-14-7-6-13(18)9-11(14)2/h5-10,19H,4H2,1-3H3,(H,20,21). The predicted molar refractivity (Wildman–Crippen MR) is 98.0 cm³/mol. The summed E-state index contributed by atoms with van der Waals surface area (Å²) in [4.78, 5) is 12.4. The average Bonchev–Trinajstić information content (AvgIpc) is 2.56. The van der Waals surface area contributed by atoms with E-state index in [0.29, 0.717) is 10.7 Å². The van der Waals surface area contributed by atoms with E-state index in [4.69, 9.17) is 16.3 Å². The second-order valence-electron chi connectivity index (χ2n) is 5.28. The van der Waals surface area contributed by atoms with Crippen LogP contribution in [0.2, 0.25) is 5.02 Å². The zero-order chi connectivity index (χ0) is 18.6. The van der Waals surface area contributed by atoms with E-state index >= 15 is 0 Å². The molecule has 0 aliphatic carbocycles. The molecule has 0 fully saturated rings. The number of methoxy groups -OCH3 is 1. The fourth-order valence-electron chi connectivity index (χ4n) is 2.26. The van der Waals surface area contributed by atoms with Gasteiger partial charge in [0.25, 0.3) is 5.91 Å². The van der Waals surface area contributed by atoms with Gasteiger partial charge in [0.05, 0.1) is 7.11 Å². The fourth-order valence-corrected chi connectivity index (χ4v) is 3.72. The molecule has 0 aliphatic heterocycles. The molecule has 0 heterocycles. The van der Waals surface area contributed by atoms with Crippen molar-refractivity contribution in [3.63, 3.8) is 0 Å². The smallest absolute Gasteiger partial charge is 0.255 e. The highest BCUT2D eigenvalue weighted by molar-refractivity contribution is 7.89. The Kier molecular flexibility index (Phi) is 6.05. The molecule has 2 aromatic rings. The van der Waals surface area contributed by atoms with E-state index in [1.165, 1.54) is 25.3 Å². The van der Waals surface area contributed by atoms with Crippen molar-refractivity contribution in [2.75, 3.05) is 19.0 Å². The number of hydrogen-bond acceptors (Lipinski definition) is 4. The van der Waals surface area contributed by atoms with Gasteiger partial charge in [-0.25, -0.2) is 13.1 Å². The van der Waals surface area contributed by atoms with Crippen LogP contribution in [0.4, 0.5) is 5.69 Å². The largest absolute Gasteiger partial charge is 0.495 e. The van der Waals surface area contributed by atoms with Crippen molar-refractivity contribution in [3.05, 3.63) is 52.5 Å². The molecule has 0 aliphatic rings. The molecule has 0 aromatic heterocycles. The molecule has 1 amide bonds. The Labute approximate surface area is 152 Å². The normalized spacial score (nSPS) is 11.2. The van der Waals surface area contributed by atoms with Crippen molar-refractivity contribution in [1.82, 2.24) is 4.72 Å². The molecule has 0 saturated heterocycles. The summed E-state index contributed by atoms with van der Waals surface area (Å²) >= 11 is 5.90. The minimum Gasteiger partial charge on any atom is -0.495 e. The molecule has 0 bridgehead atoms. The lowest BCUT2D eigenvalue weighted by molar-refractivity contribution is 0.102. The number of nitrogens with one attached hydrogen (secondary N) is 2. The number of amides is 1. The molecular weight excluding hydrogens is 364 g/mol. The van der Waals surface area contributed by atoms with Crippen LogP contribution >= 0.6 is 11.6 Å². The molecule has 6 nitrogen and oxygen atoms in total. The van der Waals surface area contributed by atoms with E-state index in [1.807, 2.05) is 6.92 Å². The maximum absolute atomic E-state index is 12.5. The molecule has 0 radical (unpaired) electrons. The van der Waals surface area contributed by atoms with Crippen molar-refractivity contribution >= 4 is 33.2 Å². The first-order valence-electron chi connectivity index (χ1n) is 7.53. The molecule has 2 N–H and O–H groups in total. The van der Waals surface area contributed by atoms with Gasteiger partial charge in [-0.3, -0.25) is 4.79 Å². The first kappa shape index (κ1) is 19.2. The van der Waals surface area contributed by atoms with E-state index < -0.39 is 15.9 Å². The third-order valence-corrected chi connectivity index (χ3v) is 5.29. The van der Waals surface area contributed by atoms with Crippen LogP contribution in [0.5, 0.6) is 5.75 Å². The van der Waals surface area contributed by atoms with Crippen LogP contribution in [0.1, 0.15) is 22.8 Å². The molecular formula is C17H19ClN2O4S. The number of halogens is 1. The lowest BCUT2D eigenvalue weighted by Gasteiger charge is -2.13. The lowest BCUT2D eigenvalue weighted by atomic mass is 10.1. The third kappa shape index (κ3) is 4.50. The van der Waals surface area contributed by atoms with Gasteiger partial charge in [0.1, 0.15) is 10.6 Å². The van der Waals surface area contributed by atoms with Crippen molar-refractivity contribution in [3.8, 4) is 5.75 Å². The maximum Gasteiger partial charge on any atom is 0.255 e. The van der Waals surface area contributed by atoms with Crippen molar-refractivity contribution in [1.29, 1.82) is 0 Å². The highest BCUT2D eigenvalue weighted by atomic mass is 35.5. The first-order chi connectivity index (χ1) is 11.8. The Balaban J connectivity index is 2.37. The van der Waals surface area contributed by atoms with Gasteiger partial charge in [-0.1, -0.05) is 18.5 Å². The molecule has 0 atom stereocenters. The van der Waals surface area contributed by atoms with Crippen LogP contribution in [0.25, 0.3) is 0 Å². The van der Waals surface area contributed by atoms with Gasteiger partial charge in [0.2, 0.25) is 10.0 Å². The number of rotatable bonds is 6.